The molecule has 0 saturated carbocycles. The quantitative estimate of drug-likeness (QED) is 0.293. The van der Waals surface area contributed by atoms with E-state index in [4.69, 9.17) is 4.74 Å². The second-order valence-corrected chi connectivity index (χ2v) is 12.6. The zero-order valence-corrected chi connectivity index (χ0v) is 26.4. The van der Waals surface area contributed by atoms with Gasteiger partial charge in [0, 0.05) is 11.6 Å². The lowest BCUT2D eigenvalue weighted by Gasteiger charge is -2.50. The fourth-order valence-electron chi connectivity index (χ4n) is 5.28. The molecule has 0 fully saturated rings. The molecular formula is C30H40FN7O4S. The maximum absolute atomic E-state index is 14.6. The highest BCUT2D eigenvalue weighted by molar-refractivity contribution is 7.19. The Labute approximate surface area is 255 Å². The Balaban J connectivity index is 1.87. The largest absolute Gasteiger partial charge is 0.374 e. The summed E-state index contributed by atoms with van der Waals surface area (Å²) < 4.78 is 20.9. The number of aryl methyl sites for hydroxylation is 1. The zero-order chi connectivity index (χ0) is 31.6. The number of anilines is 1. The van der Waals surface area contributed by atoms with Crippen molar-refractivity contribution in [2.45, 2.75) is 85.2 Å². The standard InChI is InChI=1S/C30H40FN7O4S/c1-8-20-9-10-21(31)13-22(20)23(42-16-18(4)14-32)15-36-27-24(19(5)26(43-27)38-33-11-12-34-38)25(39)37(29(36)41)30(6,7)28(40)35-17(2)3/h9-13,17-18,23,25,29,39,41H,8,15-16H2,1-7H3,(H,35,40)/t18-,23+,25?,29?/m0/s1. The van der Waals surface area contributed by atoms with Crippen molar-refractivity contribution in [1.29, 1.82) is 5.26 Å². The molecule has 11 nitrogen and oxygen atoms in total. The molecule has 232 valence electrons. The summed E-state index contributed by atoms with van der Waals surface area (Å²) in [5.41, 5.74) is 1.27. The van der Waals surface area contributed by atoms with E-state index in [0.29, 0.717) is 33.1 Å². The monoisotopic (exact) mass is 613 g/mol. The summed E-state index contributed by atoms with van der Waals surface area (Å²) in [7, 11) is 0. The number of nitrogens with one attached hydrogen (secondary N) is 1. The highest BCUT2D eigenvalue weighted by Gasteiger charge is 2.50. The van der Waals surface area contributed by atoms with E-state index in [9.17, 15) is 24.7 Å². The third-order valence-corrected chi connectivity index (χ3v) is 8.96. The molecule has 0 radical (unpaired) electrons. The lowest BCUT2D eigenvalue weighted by Crippen LogP contribution is -2.66. The molecule has 2 aromatic heterocycles. The molecule has 1 aliphatic heterocycles. The smallest absolute Gasteiger partial charge is 0.240 e. The van der Waals surface area contributed by atoms with Gasteiger partial charge in [-0.05, 0) is 76.8 Å². The van der Waals surface area contributed by atoms with E-state index in [1.54, 1.807) is 44.1 Å². The van der Waals surface area contributed by atoms with Gasteiger partial charge in [-0.15, -0.1) is 4.80 Å². The van der Waals surface area contributed by atoms with Gasteiger partial charge in [0.2, 0.25) is 5.91 Å². The third kappa shape index (κ3) is 6.44. The number of hydrogen-bond acceptors (Lipinski definition) is 10. The van der Waals surface area contributed by atoms with Crippen LogP contribution in [0.25, 0.3) is 5.00 Å². The van der Waals surface area contributed by atoms with Crippen molar-refractivity contribution in [3.63, 3.8) is 0 Å². The van der Waals surface area contributed by atoms with Gasteiger partial charge >= 0.3 is 0 Å². The van der Waals surface area contributed by atoms with E-state index in [1.807, 2.05) is 27.7 Å². The summed E-state index contributed by atoms with van der Waals surface area (Å²) in [4.78, 5) is 17.9. The summed E-state index contributed by atoms with van der Waals surface area (Å²) in [6.07, 6.45) is 0.102. The van der Waals surface area contributed by atoms with E-state index in [1.165, 1.54) is 33.2 Å². The topological polar surface area (TPSA) is 140 Å². The number of carbonyl (C=O) groups is 1. The predicted octanol–water partition coefficient (Wildman–Crippen LogP) is 3.95. The van der Waals surface area contributed by atoms with Gasteiger partial charge in [-0.3, -0.25) is 4.79 Å². The van der Waals surface area contributed by atoms with Crippen molar-refractivity contribution in [2.24, 2.45) is 5.92 Å². The third-order valence-electron chi connectivity index (χ3n) is 7.65. The molecule has 13 heteroatoms. The summed E-state index contributed by atoms with van der Waals surface area (Å²) in [5.74, 6) is -1.24. The van der Waals surface area contributed by atoms with Gasteiger partial charge in [-0.25, -0.2) is 9.29 Å². The van der Waals surface area contributed by atoms with Crippen LogP contribution in [-0.2, 0) is 16.0 Å². The number of aliphatic hydroxyl groups is 2. The first-order valence-electron chi connectivity index (χ1n) is 14.3. The molecular weight excluding hydrogens is 573 g/mol. The number of rotatable bonds is 11. The molecule has 0 saturated heterocycles. The van der Waals surface area contributed by atoms with Crippen LogP contribution in [0.2, 0.25) is 0 Å². The average Bonchev–Trinajstić information content (AvgIpc) is 3.60. The minimum atomic E-state index is -1.48. The number of halogens is 1. The Morgan fingerprint density at radius 3 is 2.51 bits per heavy atom. The number of aromatic nitrogens is 3. The van der Waals surface area contributed by atoms with Gasteiger partial charge in [-0.1, -0.05) is 24.3 Å². The van der Waals surface area contributed by atoms with E-state index in [0.717, 1.165) is 5.56 Å². The van der Waals surface area contributed by atoms with Crippen LogP contribution in [0.15, 0.2) is 30.6 Å². The highest BCUT2D eigenvalue weighted by atomic mass is 32.1. The molecule has 2 unspecified atom stereocenters. The Hall–Kier alpha value is -3.41. The van der Waals surface area contributed by atoms with Crippen LogP contribution < -0.4 is 10.2 Å². The molecule has 0 bridgehead atoms. The maximum atomic E-state index is 14.6. The SMILES string of the molecule is CCc1ccc(F)cc1[C@@H](CN1c2sc(-n3nccn3)c(C)c2C(O)N(C(C)(C)C(=O)NC(C)C)C1O)OC[C@@H](C)C#N. The van der Waals surface area contributed by atoms with Gasteiger partial charge < -0.3 is 25.2 Å². The minimum absolute atomic E-state index is 0.0276. The van der Waals surface area contributed by atoms with Crippen LogP contribution in [0.1, 0.15) is 76.1 Å². The number of ether oxygens (including phenoxy) is 1. The molecule has 0 spiro atoms. The van der Waals surface area contributed by atoms with Crippen molar-refractivity contribution in [3.05, 3.63) is 58.7 Å². The molecule has 1 amide bonds. The number of nitrogens with zero attached hydrogens (tertiary/aromatic N) is 6. The number of fused-ring (bicyclic) bond motifs is 1. The van der Waals surface area contributed by atoms with Gasteiger partial charge in [0.25, 0.3) is 0 Å². The normalized spacial score (nSPS) is 18.8. The summed E-state index contributed by atoms with van der Waals surface area (Å²) in [5, 5.41) is 45.8. The first-order valence-corrected chi connectivity index (χ1v) is 15.1. The zero-order valence-electron chi connectivity index (χ0n) is 25.6. The molecule has 3 heterocycles. The van der Waals surface area contributed by atoms with Crippen LogP contribution in [0.5, 0.6) is 0 Å². The summed E-state index contributed by atoms with van der Waals surface area (Å²) in [6, 6.07) is 6.52. The first-order chi connectivity index (χ1) is 20.3. The number of aliphatic hydroxyl groups excluding tert-OH is 2. The molecule has 43 heavy (non-hydrogen) atoms. The fourth-order valence-corrected chi connectivity index (χ4v) is 6.56. The number of amides is 1. The summed E-state index contributed by atoms with van der Waals surface area (Å²) in [6.45, 7) is 12.6. The number of nitriles is 1. The molecule has 3 N–H and O–H groups in total. The second kappa shape index (κ2) is 13.1. The molecule has 0 aliphatic carbocycles. The molecule has 1 aliphatic rings. The molecule has 4 rings (SSSR count). The number of hydrogen-bond donors (Lipinski definition) is 3. The van der Waals surface area contributed by atoms with E-state index >= 15 is 0 Å². The number of carbonyl (C=O) groups excluding carboxylic acids is 1. The van der Waals surface area contributed by atoms with Crippen molar-refractivity contribution in [3.8, 4) is 11.1 Å². The molecule has 3 aromatic rings. The number of benzene rings is 1. The fraction of sp³-hybridized carbons (Fsp3) is 0.533. The van der Waals surface area contributed by atoms with Gasteiger partial charge in [0.1, 0.15) is 33.7 Å². The number of thiophene rings is 1. The van der Waals surface area contributed by atoms with Gasteiger partial charge in [0.15, 0.2) is 6.35 Å². The Morgan fingerprint density at radius 1 is 1.23 bits per heavy atom. The second-order valence-electron chi connectivity index (χ2n) is 11.6. The first kappa shape index (κ1) is 32.5. The Kier molecular flexibility index (Phi) is 9.88. The molecule has 4 atom stereocenters. The Morgan fingerprint density at radius 2 is 1.91 bits per heavy atom. The van der Waals surface area contributed by atoms with E-state index in [2.05, 4.69) is 21.6 Å². The lowest BCUT2D eigenvalue weighted by atomic mass is 9.96. The minimum Gasteiger partial charge on any atom is -0.374 e. The van der Waals surface area contributed by atoms with Gasteiger partial charge in [0.05, 0.1) is 37.5 Å². The van der Waals surface area contributed by atoms with Crippen LogP contribution in [0, 0.1) is 30.0 Å². The van der Waals surface area contributed by atoms with E-state index < -0.39 is 36.0 Å². The Bertz CT molecular complexity index is 1470. The average molecular weight is 614 g/mol. The van der Waals surface area contributed by atoms with E-state index in [-0.39, 0.29) is 25.1 Å². The van der Waals surface area contributed by atoms with Crippen molar-refractivity contribution in [1.82, 2.24) is 25.2 Å². The highest BCUT2D eigenvalue weighted by Crippen LogP contribution is 2.49. The molecule has 1 aromatic carbocycles. The predicted molar refractivity (Wildman–Crippen MR) is 161 cm³/mol. The lowest BCUT2D eigenvalue weighted by molar-refractivity contribution is -0.175. The maximum Gasteiger partial charge on any atom is 0.240 e. The van der Waals surface area contributed by atoms with Crippen LogP contribution in [0.4, 0.5) is 9.39 Å². The van der Waals surface area contributed by atoms with Crippen LogP contribution in [-0.4, -0.2) is 67.1 Å². The summed E-state index contributed by atoms with van der Waals surface area (Å²) >= 11 is 1.28. The van der Waals surface area contributed by atoms with Crippen molar-refractivity contribution < 1.29 is 24.1 Å². The van der Waals surface area contributed by atoms with Crippen LogP contribution >= 0.6 is 11.3 Å². The van der Waals surface area contributed by atoms with Crippen LogP contribution in [0.3, 0.4) is 0 Å². The van der Waals surface area contributed by atoms with Crippen molar-refractivity contribution >= 4 is 22.2 Å². The van der Waals surface area contributed by atoms with Gasteiger partial charge in [-0.2, -0.15) is 15.5 Å². The van der Waals surface area contributed by atoms with Crippen molar-refractivity contribution in [2.75, 3.05) is 18.1 Å².